The molecule has 0 aliphatic rings. The van der Waals surface area contributed by atoms with Crippen LogP contribution in [0.2, 0.25) is 0 Å². The monoisotopic (exact) mass is 226 g/mol. The van der Waals surface area contributed by atoms with Crippen molar-refractivity contribution >= 4 is 23.4 Å². The number of thioether (sulfide) groups is 1. The smallest absolute Gasteiger partial charge is 0.354 e. The molecule has 0 spiro atoms. The van der Waals surface area contributed by atoms with E-state index in [1.165, 1.54) is 17.8 Å². The van der Waals surface area contributed by atoms with Gasteiger partial charge in [0.15, 0.2) is 0 Å². The highest BCUT2D eigenvalue weighted by molar-refractivity contribution is 8.00. The van der Waals surface area contributed by atoms with Crippen LogP contribution in [0.4, 0.5) is 5.69 Å². The molecule has 1 rings (SSSR count). The first-order chi connectivity index (χ1) is 7.04. The van der Waals surface area contributed by atoms with Crippen LogP contribution in [0, 0.1) is 0 Å². The van der Waals surface area contributed by atoms with E-state index in [-0.39, 0.29) is 5.69 Å². The maximum Gasteiger partial charge on any atom is 0.354 e. The number of carboxylic acids is 1. The summed E-state index contributed by atoms with van der Waals surface area (Å²) in [6.45, 7) is 4.12. The molecule has 0 saturated carbocycles. The molecule has 1 aromatic heterocycles. The van der Waals surface area contributed by atoms with Crippen LogP contribution < -0.4 is 5.73 Å². The highest BCUT2D eigenvalue weighted by atomic mass is 32.2. The van der Waals surface area contributed by atoms with Crippen LogP contribution in [-0.2, 0) is 0 Å². The van der Waals surface area contributed by atoms with Gasteiger partial charge in [-0.3, -0.25) is 0 Å². The van der Waals surface area contributed by atoms with Gasteiger partial charge in [-0.2, -0.15) is 0 Å². The van der Waals surface area contributed by atoms with Crippen molar-refractivity contribution in [2.45, 2.75) is 30.5 Å². The quantitative estimate of drug-likeness (QED) is 0.770. The standard InChI is InChI=1S/C10H14N2O2S/c1-3-6(2)15-9-7(11)4-5-8(12-9)10(13)14/h4-6H,3,11H2,1-2H3,(H,13,14). The van der Waals surface area contributed by atoms with Gasteiger partial charge in [0.05, 0.1) is 5.69 Å². The molecular formula is C10H14N2O2S. The van der Waals surface area contributed by atoms with E-state index in [2.05, 4.69) is 18.8 Å². The van der Waals surface area contributed by atoms with E-state index in [0.29, 0.717) is 16.0 Å². The summed E-state index contributed by atoms with van der Waals surface area (Å²) in [6.07, 6.45) is 0.989. The normalized spacial score (nSPS) is 12.4. The van der Waals surface area contributed by atoms with Crippen molar-refractivity contribution in [1.82, 2.24) is 4.98 Å². The molecule has 15 heavy (non-hydrogen) atoms. The van der Waals surface area contributed by atoms with Gasteiger partial charge < -0.3 is 10.8 Å². The van der Waals surface area contributed by atoms with Gasteiger partial charge in [0.2, 0.25) is 0 Å². The topological polar surface area (TPSA) is 76.2 Å². The average molecular weight is 226 g/mol. The van der Waals surface area contributed by atoms with Crippen LogP contribution in [-0.4, -0.2) is 21.3 Å². The molecule has 0 saturated heterocycles. The number of anilines is 1. The molecule has 0 fully saturated rings. The zero-order valence-corrected chi connectivity index (χ0v) is 9.54. The van der Waals surface area contributed by atoms with Crippen molar-refractivity contribution in [2.75, 3.05) is 5.73 Å². The molecular weight excluding hydrogens is 212 g/mol. The second-order valence-corrected chi connectivity index (χ2v) is 4.66. The maximum absolute atomic E-state index is 10.7. The lowest BCUT2D eigenvalue weighted by molar-refractivity contribution is 0.0690. The Morgan fingerprint density at radius 1 is 1.67 bits per heavy atom. The summed E-state index contributed by atoms with van der Waals surface area (Å²) in [4.78, 5) is 14.7. The summed E-state index contributed by atoms with van der Waals surface area (Å²) in [5, 5.41) is 9.76. The van der Waals surface area contributed by atoms with Crippen LogP contribution >= 0.6 is 11.8 Å². The van der Waals surface area contributed by atoms with Crippen molar-refractivity contribution in [3.05, 3.63) is 17.8 Å². The Hall–Kier alpha value is -1.23. The number of carboxylic acid groups (broad SMARTS) is 1. The number of pyridine rings is 1. The van der Waals surface area contributed by atoms with Gasteiger partial charge >= 0.3 is 5.97 Å². The van der Waals surface area contributed by atoms with Crippen LogP contribution in [0.25, 0.3) is 0 Å². The third-order valence-electron chi connectivity index (χ3n) is 2.00. The molecule has 0 bridgehead atoms. The fraction of sp³-hybridized carbons (Fsp3) is 0.400. The molecule has 3 N–H and O–H groups in total. The highest BCUT2D eigenvalue weighted by Gasteiger charge is 2.11. The summed E-state index contributed by atoms with van der Waals surface area (Å²) in [5.74, 6) is -1.03. The Morgan fingerprint density at radius 3 is 2.87 bits per heavy atom. The molecule has 0 amide bonds. The zero-order chi connectivity index (χ0) is 11.4. The predicted octanol–water partition coefficient (Wildman–Crippen LogP) is 2.25. The largest absolute Gasteiger partial charge is 0.477 e. The minimum atomic E-state index is -1.03. The lowest BCUT2D eigenvalue weighted by atomic mass is 10.3. The highest BCUT2D eigenvalue weighted by Crippen LogP contribution is 2.28. The summed E-state index contributed by atoms with van der Waals surface area (Å²) >= 11 is 1.50. The number of carbonyl (C=O) groups is 1. The Balaban J connectivity index is 2.95. The van der Waals surface area contributed by atoms with Gasteiger partial charge in [-0.15, -0.1) is 11.8 Å². The van der Waals surface area contributed by atoms with Crippen LogP contribution in [0.15, 0.2) is 17.2 Å². The fourth-order valence-corrected chi connectivity index (χ4v) is 1.84. The molecule has 1 aromatic rings. The molecule has 0 radical (unpaired) electrons. The number of nitrogens with zero attached hydrogens (tertiary/aromatic N) is 1. The molecule has 1 atom stereocenters. The fourth-order valence-electron chi connectivity index (χ4n) is 0.939. The predicted molar refractivity (Wildman–Crippen MR) is 61.2 cm³/mol. The zero-order valence-electron chi connectivity index (χ0n) is 8.73. The van der Waals surface area contributed by atoms with Crippen LogP contribution in [0.3, 0.4) is 0 Å². The number of nitrogen functional groups attached to an aromatic ring is 1. The first-order valence-corrected chi connectivity index (χ1v) is 5.59. The SMILES string of the molecule is CCC(C)Sc1nc(C(=O)O)ccc1N. The van der Waals surface area contributed by atoms with Crippen molar-refractivity contribution in [3.8, 4) is 0 Å². The lowest BCUT2D eigenvalue weighted by Gasteiger charge is -2.09. The van der Waals surface area contributed by atoms with Crippen molar-refractivity contribution in [2.24, 2.45) is 0 Å². The molecule has 82 valence electrons. The van der Waals surface area contributed by atoms with E-state index in [1.807, 2.05) is 0 Å². The minimum Gasteiger partial charge on any atom is -0.477 e. The average Bonchev–Trinajstić information content (AvgIpc) is 2.20. The molecule has 0 aromatic carbocycles. The minimum absolute atomic E-state index is 0.0370. The van der Waals surface area contributed by atoms with E-state index in [9.17, 15) is 4.79 Å². The van der Waals surface area contributed by atoms with Crippen molar-refractivity contribution in [1.29, 1.82) is 0 Å². The Morgan fingerprint density at radius 2 is 2.33 bits per heavy atom. The number of rotatable bonds is 4. The van der Waals surface area contributed by atoms with E-state index in [0.717, 1.165) is 6.42 Å². The second-order valence-electron chi connectivity index (χ2n) is 3.23. The summed E-state index contributed by atoms with van der Waals surface area (Å²) < 4.78 is 0. The van der Waals surface area contributed by atoms with E-state index in [4.69, 9.17) is 10.8 Å². The third kappa shape index (κ3) is 3.13. The number of aromatic nitrogens is 1. The van der Waals surface area contributed by atoms with Gasteiger partial charge in [-0.1, -0.05) is 13.8 Å². The van der Waals surface area contributed by atoms with E-state index < -0.39 is 5.97 Å². The summed E-state index contributed by atoms with van der Waals surface area (Å²) in [5.41, 5.74) is 6.29. The first-order valence-electron chi connectivity index (χ1n) is 4.71. The molecule has 0 aliphatic heterocycles. The van der Waals surface area contributed by atoms with Gasteiger partial charge in [0.1, 0.15) is 10.7 Å². The van der Waals surface area contributed by atoms with Crippen LogP contribution in [0.5, 0.6) is 0 Å². The van der Waals surface area contributed by atoms with Gasteiger partial charge in [-0.05, 0) is 18.6 Å². The van der Waals surface area contributed by atoms with Gasteiger partial charge in [0, 0.05) is 5.25 Å². The molecule has 1 unspecified atom stereocenters. The van der Waals surface area contributed by atoms with Crippen molar-refractivity contribution in [3.63, 3.8) is 0 Å². The van der Waals surface area contributed by atoms with E-state index >= 15 is 0 Å². The Kier molecular flexibility index (Phi) is 3.96. The Labute approximate surface area is 92.9 Å². The second kappa shape index (κ2) is 5.02. The van der Waals surface area contributed by atoms with Crippen molar-refractivity contribution < 1.29 is 9.90 Å². The summed E-state index contributed by atoms with van der Waals surface area (Å²) in [6, 6.07) is 3.00. The lowest BCUT2D eigenvalue weighted by Crippen LogP contribution is -2.04. The van der Waals surface area contributed by atoms with Gasteiger partial charge in [-0.25, -0.2) is 9.78 Å². The Bertz CT molecular complexity index is 368. The molecule has 4 nitrogen and oxygen atoms in total. The summed E-state index contributed by atoms with van der Waals surface area (Å²) in [7, 11) is 0. The number of aromatic carboxylic acids is 1. The maximum atomic E-state index is 10.7. The number of hydrogen-bond acceptors (Lipinski definition) is 4. The third-order valence-corrected chi connectivity index (χ3v) is 3.28. The number of nitrogens with two attached hydrogens (primary N) is 1. The molecule has 5 heteroatoms. The molecule has 0 aliphatic carbocycles. The molecule has 1 heterocycles. The van der Waals surface area contributed by atoms with E-state index in [1.54, 1.807) is 6.07 Å². The van der Waals surface area contributed by atoms with Crippen LogP contribution in [0.1, 0.15) is 30.8 Å². The number of hydrogen-bond donors (Lipinski definition) is 2. The first kappa shape index (κ1) is 11.8. The van der Waals surface area contributed by atoms with Gasteiger partial charge in [0.25, 0.3) is 0 Å².